The maximum Gasteiger partial charge on any atom is 0.308 e. The summed E-state index contributed by atoms with van der Waals surface area (Å²) in [4.78, 5) is 24.1. The van der Waals surface area contributed by atoms with Crippen LogP contribution in [0.3, 0.4) is 0 Å². The van der Waals surface area contributed by atoms with E-state index in [4.69, 9.17) is 9.15 Å². The molecule has 0 atom stereocenters. The number of nitrogens with zero attached hydrogens (tertiary/aromatic N) is 3. The molecule has 3 rings (SSSR count). The largest absolute Gasteiger partial charge is 0.456 e. The number of thiophene rings is 1. The number of halogens is 1. The molecule has 0 spiro atoms. The molecule has 7 nitrogen and oxygen atoms in total. The highest BCUT2D eigenvalue weighted by molar-refractivity contribution is 9.11. The SMILES string of the molecule is Cc1csc(=O)n1CCC(=O)OCc1nnc(-c2ccc(Br)s2)o1. The van der Waals surface area contributed by atoms with Gasteiger partial charge in [-0.1, -0.05) is 11.3 Å². The van der Waals surface area contributed by atoms with Crippen molar-refractivity contribution < 1.29 is 13.9 Å². The first-order valence-electron chi connectivity index (χ1n) is 6.91. The lowest BCUT2D eigenvalue weighted by atomic mass is 10.4. The number of aromatic nitrogens is 3. The van der Waals surface area contributed by atoms with Gasteiger partial charge in [0, 0.05) is 17.6 Å². The minimum absolute atomic E-state index is 0.0797. The molecule has 0 bridgehead atoms. The van der Waals surface area contributed by atoms with Gasteiger partial charge in [-0.15, -0.1) is 21.5 Å². The zero-order valence-corrected chi connectivity index (χ0v) is 15.7. The van der Waals surface area contributed by atoms with E-state index in [9.17, 15) is 9.59 Å². The van der Waals surface area contributed by atoms with Crippen LogP contribution in [0.4, 0.5) is 0 Å². The van der Waals surface area contributed by atoms with Crippen LogP contribution in [0.5, 0.6) is 0 Å². The first-order chi connectivity index (χ1) is 11.5. The molecular formula is C14H12BrN3O4S2. The van der Waals surface area contributed by atoms with Crippen molar-refractivity contribution in [2.24, 2.45) is 0 Å². The number of carbonyl (C=O) groups is 1. The molecule has 0 radical (unpaired) electrons. The Morgan fingerprint density at radius 3 is 2.92 bits per heavy atom. The van der Waals surface area contributed by atoms with Crippen LogP contribution in [-0.2, 0) is 22.7 Å². The average Bonchev–Trinajstić information content (AvgIpc) is 3.25. The van der Waals surface area contributed by atoms with E-state index < -0.39 is 5.97 Å². The van der Waals surface area contributed by atoms with E-state index in [0.717, 1.165) is 25.7 Å². The second kappa shape index (κ2) is 7.41. The van der Waals surface area contributed by atoms with Gasteiger partial charge in [-0.05, 0) is 35.0 Å². The highest BCUT2D eigenvalue weighted by atomic mass is 79.9. The van der Waals surface area contributed by atoms with Gasteiger partial charge in [0.1, 0.15) is 0 Å². The molecule has 10 heteroatoms. The number of hydrogen-bond donors (Lipinski definition) is 0. The predicted molar refractivity (Wildman–Crippen MR) is 93.0 cm³/mol. The number of hydrogen-bond acceptors (Lipinski definition) is 8. The predicted octanol–water partition coefficient (Wildman–Crippen LogP) is 3.23. The van der Waals surface area contributed by atoms with Crippen molar-refractivity contribution in [1.82, 2.24) is 14.8 Å². The molecule has 0 unspecified atom stereocenters. The number of esters is 1. The lowest BCUT2D eigenvalue weighted by molar-refractivity contribution is -0.145. The molecule has 0 amide bonds. The first-order valence-corrected chi connectivity index (χ1v) is 9.40. The Morgan fingerprint density at radius 1 is 1.42 bits per heavy atom. The highest BCUT2D eigenvalue weighted by Crippen LogP contribution is 2.30. The zero-order valence-electron chi connectivity index (χ0n) is 12.5. The van der Waals surface area contributed by atoms with E-state index in [1.54, 1.807) is 9.95 Å². The van der Waals surface area contributed by atoms with Crippen molar-refractivity contribution in [2.75, 3.05) is 0 Å². The second-order valence-corrected chi connectivity index (χ2v) is 8.09. The Bertz CT molecular complexity index is 911. The van der Waals surface area contributed by atoms with Gasteiger partial charge in [-0.3, -0.25) is 9.59 Å². The Labute approximate surface area is 153 Å². The van der Waals surface area contributed by atoms with Crippen LogP contribution in [-0.4, -0.2) is 20.7 Å². The van der Waals surface area contributed by atoms with E-state index >= 15 is 0 Å². The van der Waals surface area contributed by atoms with Gasteiger partial charge in [0.05, 0.1) is 15.1 Å². The van der Waals surface area contributed by atoms with Crippen LogP contribution < -0.4 is 4.87 Å². The van der Waals surface area contributed by atoms with Gasteiger partial charge in [0.15, 0.2) is 6.61 Å². The van der Waals surface area contributed by atoms with Crippen molar-refractivity contribution in [3.8, 4) is 10.8 Å². The molecule has 0 saturated carbocycles. The van der Waals surface area contributed by atoms with Crippen LogP contribution in [0, 0.1) is 6.92 Å². The maximum absolute atomic E-state index is 11.8. The molecular weight excluding hydrogens is 418 g/mol. The van der Waals surface area contributed by atoms with Gasteiger partial charge in [0.25, 0.3) is 11.8 Å². The fourth-order valence-corrected chi connectivity index (χ4v) is 4.00. The molecule has 3 aromatic heterocycles. The Hall–Kier alpha value is -1.78. The molecule has 0 aromatic carbocycles. The van der Waals surface area contributed by atoms with Crippen molar-refractivity contribution in [1.29, 1.82) is 0 Å². The molecule has 3 aromatic rings. The van der Waals surface area contributed by atoms with E-state index in [1.165, 1.54) is 11.3 Å². The Kier molecular flexibility index (Phi) is 5.27. The molecule has 126 valence electrons. The molecule has 0 aliphatic carbocycles. The molecule has 0 fully saturated rings. The third kappa shape index (κ3) is 4.00. The lowest BCUT2D eigenvalue weighted by Gasteiger charge is -2.04. The number of ether oxygens (including phenoxy) is 1. The van der Waals surface area contributed by atoms with Gasteiger partial charge in [-0.25, -0.2) is 0 Å². The summed E-state index contributed by atoms with van der Waals surface area (Å²) < 4.78 is 13.1. The van der Waals surface area contributed by atoms with Crippen LogP contribution in [0.1, 0.15) is 18.0 Å². The summed E-state index contributed by atoms with van der Waals surface area (Å²) in [5, 5.41) is 9.54. The number of aryl methyl sites for hydroxylation is 1. The summed E-state index contributed by atoms with van der Waals surface area (Å²) in [7, 11) is 0. The fraction of sp³-hybridized carbons (Fsp3) is 0.286. The smallest absolute Gasteiger partial charge is 0.308 e. The first kappa shape index (κ1) is 17.1. The summed E-state index contributed by atoms with van der Waals surface area (Å²) in [6.07, 6.45) is 0.107. The topological polar surface area (TPSA) is 87.2 Å². The van der Waals surface area contributed by atoms with Gasteiger partial charge >= 0.3 is 10.8 Å². The van der Waals surface area contributed by atoms with Gasteiger partial charge in [0.2, 0.25) is 0 Å². The summed E-state index contributed by atoms with van der Waals surface area (Å²) in [6, 6.07) is 3.75. The molecule has 0 saturated heterocycles. The highest BCUT2D eigenvalue weighted by Gasteiger charge is 2.13. The number of thiazole rings is 1. The van der Waals surface area contributed by atoms with Crippen LogP contribution in [0.15, 0.2) is 30.5 Å². The zero-order chi connectivity index (χ0) is 17.1. The van der Waals surface area contributed by atoms with Gasteiger partial charge < -0.3 is 13.7 Å². The van der Waals surface area contributed by atoms with Crippen molar-refractivity contribution in [3.63, 3.8) is 0 Å². The molecule has 24 heavy (non-hydrogen) atoms. The third-order valence-electron chi connectivity index (χ3n) is 3.12. The minimum atomic E-state index is -0.425. The minimum Gasteiger partial charge on any atom is -0.456 e. The quantitative estimate of drug-likeness (QED) is 0.558. The van der Waals surface area contributed by atoms with E-state index in [-0.39, 0.29) is 23.8 Å². The standard InChI is InChI=1S/C14H12BrN3O4S2/c1-8-7-23-14(20)18(8)5-4-12(19)21-6-11-16-17-13(22-11)9-2-3-10(15)24-9/h2-3,7H,4-6H2,1H3. The van der Waals surface area contributed by atoms with Crippen molar-refractivity contribution >= 4 is 44.6 Å². The second-order valence-electron chi connectivity index (χ2n) is 4.81. The van der Waals surface area contributed by atoms with E-state index in [1.807, 2.05) is 19.1 Å². The summed E-state index contributed by atoms with van der Waals surface area (Å²) in [6.45, 7) is 2.04. The third-order valence-corrected chi connectivity index (χ3v) is 5.62. The number of rotatable bonds is 6. The average molecular weight is 430 g/mol. The lowest BCUT2D eigenvalue weighted by Crippen LogP contribution is -2.17. The van der Waals surface area contributed by atoms with Crippen molar-refractivity contribution in [2.45, 2.75) is 26.5 Å². The molecule has 0 aliphatic heterocycles. The van der Waals surface area contributed by atoms with E-state index in [0.29, 0.717) is 12.4 Å². The van der Waals surface area contributed by atoms with Crippen LogP contribution in [0.2, 0.25) is 0 Å². The summed E-state index contributed by atoms with van der Waals surface area (Å²) in [5.41, 5.74) is 0.835. The monoisotopic (exact) mass is 429 g/mol. The number of carbonyl (C=O) groups excluding carboxylic acids is 1. The van der Waals surface area contributed by atoms with Crippen molar-refractivity contribution in [3.05, 3.63) is 42.6 Å². The molecule has 3 heterocycles. The van der Waals surface area contributed by atoms with Crippen LogP contribution >= 0.6 is 38.6 Å². The normalized spacial score (nSPS) is 10.9. The summed E-state index contributed by atoms with van der Waals surface area (Å²) in [5.74, 6) is 0.190. The van der Waals surface area contributed by atoms with Crippen LogP contribution in [0.25, 0.3) is 10.8 Å². The van der Waals surface area contributed by atoms with Gasteiger partial charge in [-0.2, -0.15) is 0 Å². The summed E-state index contributed by atoms with van der Waals surface area (Å²) >= 11 is 5.95. The molecule has 0 N–H and O–H groups in total. The Balaban J connectivity index is 1.51. The maximum atomic E-state index is 11.8. The Morgan fingerprint density at radius 2 is 2.25 bits per heavy atom. The fourth-order valence-electron chi connectivity index (χ4n) is 1.93. The molecule has 0 aliphatic rings. The van der Waals surface area contributed by atoms with E-state index in [2.05, 4.69) is 26.1 Å².